The van der Waals surface area contributed by atoms with Crippen molar-refractivity contribution in [1.82, 2.24) is 0 Å². The fraction of sp³-hybridized carbons (Fsp3) is 0.350. The molecule has 0 saturated carbocycles. The number of carbonyl (C=O) groups excluding carboxylic acids is 1. The van der Waals surface area contributed by atoms with Crippen LogP contribution in [0, 0.1) is 0 Å². The van der Waals surface area contributed by atoms with Crippen molar-refractivity contribution in [1.29, 1.82) is 0 Å². The van der Waals surface area contributed by atoms with Crippen LogP contribution in [0.5, 0.6) is 23.0 Å². The van der Waals surface area contributed by atoms with Crippen LogP contribution < -0.4 is 24.7 Å². The number of hydrogen-bond donors (Lipinski definition) is 1. The van der Waals surface area contributed by atoms with Gasteiger partial charge in [0, 0.05) is 6.42 Å². The van der Waals surface area contributed by atoms with Gasteiger partial charge in [0.1, 0.15) is 0 Å². The molecule has 0 bridgehead atoms. The molecule has 0 fully saturated rings. The zero-order valence-corrected chi connectivity index (χ0v) is 15.6. The molecule has 1 unspecified atom stereocenters. The molecule has 0 aromatic heterocycles. The van der Waals surface area contributed by atoms with Crippen LogP contribution in [0.2, 0.25) is 0 Å². The summed E-state index contributed by atoms with van der Waals surface area (Å²) in [5, 5.41) is 0. The molecular weight excluding hydrogens is 334 g/mol. The standard InChI is InChI=1S/C20H25NO5/c1-23-17-7-5-13(11-19(17)25-3)9-15(21)16(22)10-14-6-8-18(24-2)20(12-14)26-4/h5-8,11-12,15H,9-10,21H2,1-4H3. The van der Waals surface area contributed by atoms with Gasteiger partial charge < -0.3 is 24.7 Å². The predicted molar refractivity (Wildman–Crippen MR) is 99.5 cm³/mol. The normalized spacial score (nSPS) is 11.6. The lowest BCUT2D eigenvalue weighted by Gasteiger charge is -2.14. The van der Waals surface area contributed by atoms with Crippen LogP contribution in [0.1, 0.15) is 11.1 Å². The van der Waals surface area contributed by atoms with Crippen molar-refractivity contribution in [2.75, 3.05) is 28.4 Å². The Bertz CT molecular complexity index is 760. The highest BCUT2D eigenvalue weighted by Crippen LogP contribution is 2.29. The van der Waals surface area contributed by atoms with Crippen LogP contribution in [0.3, 0.4) is 0 Å². The van der Waals surface area contributed by atoms with Crippen LogP contribution >= 0.6 is 0 Å². The Morgan fingerprint density at radius 2 is 1.27 bits per heavy atom. The molecule has 0 aliphatic heterocycles. The quantitative estimate of drug-likeness (QED) is 0.741. The molecule has 2 aromatic rings. The molecule has 2 rings (SSSR count). The number of Topliss-reactive ketones (excluding diaryl/α,β-unsaturated/α-hetero) is 1. The number of ketones is 1. The van der Waals surface area contributed by atoms with Crippen molar-refractivity contribution in [2.45, 2.75) is 18.9 Å². The molecule has 6 nitrogen and oxygen atoms in total. The Balaban J connectivity index is 2.06. The van der Waals surface area contributed by atoms with E-state index in [1.54, 1.807) is 46.6 Å². The van der Waals surface area contributed by atoms with Crippen LogP contribution in [0.15, 0.2) is 36.4 Å². The highest BCUT2D eigenvalue weighted by atomic mass is 16.5. The van der Waals surface area contributed by atoms with Gasteiger partial charge in [0.25, 0.3) is 0 Å². The van der Waals surface area contributed by atoms with Gasteiger partial charge in [-0.1, -0.05) is 12.1 Å². The molecular formula is C20H25NO5. The largest absolute Gasteiger partial charge is 0.493 e. The average Bonchev–Trinajstić information content (AvgIpc) is 2.67. The maximum Gasteiger partial charge on any atom is 0.161 e. The number of nitrogens with two attached hydrogens (primary N) is 1. The van der Waals surface area contributed by atoms with Gasteiger partial charge >= 0.3 is 0 Å². The first-order chi connectivity index (χ1) is 12.5. The molecule has 0 amide bonds. The van der Waals surface area contributed by atoms with E-state index in [4.69, 9.17) is 24.7 Å². The van der Waals surface area contributed by atoms with Crippen molar-refractivity contribution in [3.63, 3.8) is 0 Å². The summed E-state index contributed by atoms with van der Waals surface area (Å²) < 4.78 is 21.0. The van der Waals surface area contributed by atoms with Crippen molar-refractivity contribution < 1.29 is 23.7 Å². The summed E-state index contributed by atoms with van der Waals surface area (Å²) in [5.74, 6) is 2.42. The zero-order valence-electron chi connectivity index (χ0n) is 15.6. The first kappa shape index (κ1) is 19.6. The van der Waals surface area contributed by atoms with Gasteiger partial charge in [-0.3, -0.25) is 4.79 Å². The molecule has 0 spiro atoms. The summed E-state index contributed by atoms with van der Waals surface area (Å²) in [7, 11) is 6.29. The highest BCUT2D eigenvalue weighted by molar-refractivity contribution is 5.86. The van der Waals surface area contributed by atoms with Crippen molar-refractivity contribution in [2.24, 2.45) is 5.73 Å². The second kappa shape index (κ2) is 9.10. The Morgan fingerprint density at radius 1 is 0.808 bits per heavy atom. The fourth-order valence-corrected chi connectivity index (χ4v) is 2.70. The van der Waals surface area contributed by atoms with Crippen LogP contribution in [0.25, 0.3) is 0 Å². The molecule has 0 radical (unpaired) electrons. The summed E-state index contributed by atoms with van der Waals surface area (Å²) in [6, 6.07) is 10.3. The third-order valence-electron chi connectivity index (χ3n) is 4.14. The molecule has 6 heteroatoms. The first-order valence-electron chi connectivity index (χ1n) is 8.22. The Morgan fingerprint density at radius 3 is 1.77 bits per heavy atom. The number of methoxy groups -OCH3 is 4. The second-order valence-corrected chi connectivity index (χ2v) is 5.83. The monoisotopic (exact) mass is 359 g/mol. The van der Waals surface area contributed by atoms with Gasteiger partial charge in [0.2, 0.25) is 0 Å². The smallest absolute Gasteiger partial charge is 0.161 e. The van der Waals surface area contributed by atoms with Crippen LogP contribution in [-0.2, 0) is 17.6 Å². The topological polar surface area (TPSA) is 80.0 Å². The number of rotatable bonds is 9. The molecule has 0 aliphatic carbocycles. The second-order valence-electron chi connectivity index (χ2n) is 5.83. The number of carbonyl (C=O) groups is 1. The maximum atomic E-state index is 12.5. The number of benzene rings is 2. The predicted octanol–water partition coefficient (Wildman–Crippen LogP) is 2.40. The minimum Gasteiger partial charge on any atom is -0.493 e. The lowest BCUT2D eigenvalue weighted by atomic mass is 9.98. The zero-order chi connectivity index (χ0) is 19.1. The lowest BCUT2D eigenvalue weighted by Crippen LogP contribution is -2.33. The Kier molecular flexibility index (Phi) is 6.86. The molecule has 2 aromatic carbocycles. The highest BCUT2D eigenvalue weighted by Gasteiger charge is 2.17. The van der Waals surface area contributed by atoms with E-state index in [1.165, 1.54) is 0 Å². The Hall–Kier alpha value is -2.73. The fourth-order valence-electron chi connectivity index (χ4n) is 2.70. The summed E-state index contributed by atoms with van der Waals surface area (Å²) in [6.45, 7) is 0. The van der Waals surface area contributed by atoms with Crippen molar-refractivity contribution >= 4 is 5.78 Å². The molecule has 0 heterocycles. The van der Waals surface area contributed by atoms with E-state index in [0.717, 1.165) is 11.1 Å². The van der Waals surface area contributed by atoms with Crippen molar-refractivity contribution in [3.8, 4) is 23.0 Å². The third-order valence-corrected chi connectivity index (χ3v) is 4.14. The van der Waals surface area contributed by atoms with Gasteiger partial charge in [-0.25, -0.2) is 0 Å². The van der Waals surface area contributed by atoms with Gasteiger partial charge in [-0.05, 0) is 41.8 Å². The molecule has 2 N–H and O–H groups in total. The maximum absolute atomic E-state index is 12.5. The molecule has 140 valence electrons. The average molecular weight is 359 g/mol. The minimum atomic E-state index is -0.610. The summed E-state index contributed by atoms with van der Waals surface area (Å²) in [6.07, 6.45) is 0.654. The lowest BCUT2D eigenvalue weighted by molar-refractivity contribution is -0.119. The molecule has 1 atom stereocenters. The van der Waals surface area contributed by atoms with Crippen LogP contribution in [0.4, 0.5) is 0 Å². The van der Waals surface area contributed by atoms with E-state index in [-0.39, 0.29) is 12.2 Å². The number of ether oxygens (including phenoxy) is 4. The van der Waals surface area contributed by atoms with Gasteiger partial charge in [-0.2, -0.15) is 0 Å². The third kappa shape index (κ3) is 4.67. The Labute approximate surface area is 153 Å². The van der Waals surface area contributed by atoms with Gasteiger partial charge in [0.15, 0.2) is 28.8 Å². The van der Waals surface area contributed by atoms with Crippen LogP contribution in [-0.4, -0.2) is 40.3 Å². The van der Waals surface area contributed by atoms with E-state index in [1.807, 2.05) is 18.2 Å². The first-order valence-corrected chi connectivity index (χ1v) is 8.22. The summed E-state index contributed by atoms with van der Waals surface area (Å²) >= 11 is 0. The molecule has 0 saturated heterocycles. The SMILES string of the molecule is COc1ccc(CC(=O)C(N)Cc2ccc(OC)c(OC)c2)cc1OC. The van der Waals surface area contributed by atoms with Crippen molar-refractivity contribution in [3.05, 3.63) is 47.5 Å². The summed E-state index contributed by atoms with van der Waals surface area (Å²) in [4.78, 5) is 12.5. The van der Waals surface area contributed by atoms with Gasteiger partial charge in [-0.15, -0.1) is 0 Å². The minimum absolute atomic E-state index is 0.0491. The van der Waals surface area contributed by atoms with E-state index < -0.39 is 6.04 Å². The number of hydrogen-bond acceptors (Lipinski definition) is 6. The molecule has 26 heavy (non-hydrogen) atoms. The van der Waals surface area contributed by atoms with E-state index in [2.05, 4.69) is 0 Å². The van der Waals surface area contributed by atoms with E-state index in [0.29, 0.717) is 29.4 Å². The van der Waals surface area contributed by atoms with E-state index in [9.17, 15) is 4.79 Å². The van der Waals surface area contributed by atoms with E-state index >= 15 is 0 Å². The molecule has 0 aliphatic rings. The van der Waals surface area contributed by atoms with Gasteiger partial charge in [0.05, 0.1) is 34.5 Å². The summed E-state index contributed by atoms with van der Waals surface area (Å²) in [5.41, 5.74) is 7.85.